The van der Waals surface area contributed by atoms with Gasteiger partial charge in [0.15, 0.2) is 0 Å². The predicted molar refractivity (Wildman–Crippen MR) is 111 cm³/mol. The lowest BCUT2D eigenvalue weighted by Gasteiger charge is -2.22. The number of benzene rings is 2. The van der Waals surface area contributed by atoms with Gasteiger partial charge in [0.2, 0.25) is 0 Å². The van der Waals surface area contributed by atoms with Crippen molar-refractivity contribution in [2.24, 2.45) is 0 Å². The van der Waals surface area contributed by atoms with Gasteiger partial charge in [0, 0.05) is 0 Å². The molecule has 2 aromatic rings. The third-order valence-electron chi connectivity index (χ3n) is 4.37. The topological polar surface area (TPSA) is 0 Å². The quantitative estimate of drug-likeness (QED) is 0.544. The molecule has 1 aliphatic carbocycles. The molecule has 24 heavy (non-hydrogen) atoms. The summed E-state index contributed by atoms with van der Waals surface area (Å²) in [6.45, 7) is 10.4. The molecular weight excluding hydrogens is 288 g/mol. The standard InChI is InChI=1S/C19H22.2C2H6.CH4/c1-15-6-5-9-18-14-17(12-13-19(15)18)11-10-16-7-3-2-4-8-16;2*1-2;/h2-4,7-8,12-15H,5-6,9-11H2,1H3;2*1-2H3;1H4. The summed E-state index contributed by atoms with van der Waals surface area (Å²) in [4.78, 5) is 0. The van der Waals surface area contributed by atoms with Crippen LogP contribution in [0.1, 0.15) is 83.1 Å². The summed E-state index contributed by atoms with van der Waals surface area (Å²) in [7, 11) is 0. The van der Waals surface area contributed by atoms with Crippen LogP contribution in [0, 0.1) is 0 Å². The molecule has 0 heterocycles. The first-order valence-electron chi connectivity index (χ1n) is 9.48. The van der Waals surface area contributed by atoms with Gasteiger partial charge in [-0.2, -0.15) is 0 Å². The molecule has 0 radical (unpaired) electrons. The highest BCUT2D eigenvalue weighted by atomic mass is 14.2. The zero-order valence-electron chi connectivity index (χ0n) is 15.7. The lowest BCUT2D eigenvalue weighted by atomic mass is 9.83. The highest BCUT2D eigenvalue weighted by Gasteiger charge is 2.16. The van der Waals surface area contributed by atoms with Gasteiger partial charge in [-0.1, -0.05) is 90.6 Å². The minimum absolute atomic E-state index is 0. The van der Waals surface area contributed by atoms with Gasteiger partial charge in [-0.25, -0.2) is 0 Å². The molecule has 0 aliphatic heterocycles. The molecule has 0 spiro atoms. The van der Waals surface area contributed by atoms with Crippen molar-refractivity contribution < 1.29 is 0 Å². The highest BCUT2D eigenvalue weighted by Crippen LogP contribution is 2.31. The monoisotopic (exact) mass is 326 g/mol. The highest BCUT2D eigenvalue weighted by molar-refractivity contribution is 5.36. The Hall–Kier alpha value is -1.56. The Morgan fingerprint density at radius 1 is 0.833 bits per heavy atom. The van der Waals surface area contributed by atoms with E-state index in [9.17, 15) is 0 Å². The smallest absolute Gasteiger partial charge is 0.0188 e. The van der Waals surface area contributed by atoms with E-state index in [2.05, 4.69) is 55.5 Å². The van der Waals surface area contributed by atoms with Crippen molar-refractivity contribution in [3.8, 4) is 0 Å². The molecule has 3 rings (SSSR count). The molecule has 0 aromatic heterocycles. The van der Waals surface area contributed by atoms with Crippen LogP contribution >= 0.6 is 0 Å². The van der Waals surface area contributed by atoms with Crippen LogP contribution in [0.15, 0.2) is 48.5 Å². The van der Waals surface area contributed by atoms with Gasteiger partial charge < -0.3 is 0 Å². The maximum Gasteiger partial charge on any atom is -0.0188 e. The van der Waals surface area contributed by atoms with E-state index in [0.29, 0.717) is 0 Å². The molecule has 1 aliphatic rings. The molecule has 0 saturated heterocycles. The van der Waals surface area contributed by atoms with Crippen LogP contribution in [0.4, 0.5) is 0 Å². The summed E-state index contributed by atoms with van der Waals surface area (Å²) in [5.74, 6) is 0.756. The maximum absolute atomic E-state index is 2.45. The van der Waals surface area contributed by atoms with Crippen molar-refractivity contribution in [3.05, 3.63) is 70.8 Å². The van der Waals surface area contributed by atoms with E-state index in [1.165, 1.54) is 30.4 Å². The zero-order chi connectivity index (χ0) is 17.1. The van der Waals surface area contributed by atoms with Gasteiger partial charge in [0.25, 0.3) is 0 Å². The van der Waals surface area contributed by atoms with Gasteiger partial charge >= 0.3 is 0 Å². The van der Waals surface area contributed by atoms with Crippen LogP contribution in [-0.4, -0.2) is 0 Å². The van der Waals surface area contributed by atoms with Crippen LogP contribution < -0.4 is 0 Å². The second-order valence-electron chi connectivity index (χ2n) is 5.81. The van der Waals surface area contributed by atoms with E-state index in [4.69, 9.17) is 0 Å². The average Bonchev–Trinajstić information content (AvgIpc) is 2.64. The molecule has 0 fully saturated rings. The first kappa shape index (κ1) is 22.4. The van der Waals surface area contributed by atoms with Gasteiger partial charge in [0.05, 0.1) is 0 Å². The fourth-order valence-corrected chi connectivity index (χ4v) is 3.20. The molecule has 0 amide bonds. The molecule has 0 heteroatoms. The lowest BCUT2D eigenvalue weighted by molar-refractivity contribution is 0.589. The normalized spacial score (nSPS) is 14.8. The van der Waals surface area contributed by atoms with Gasteiger partial charge in [-0.05, 0) is 60.3 Å². The average molecular weight is 327 g/mol. The third kappa shape index (κ3) is 6.51. The molecule has 1 atom stereocenters. The Morgan fingerprint density at radius 3 is 2.12 bits per heavy atom. The van der Waals surface area contributed by atoms with Gasteiger partial charge in [-0.15, -0.1) is 0 Å². The molecule has 0 nitrogen and oxygen atoms in total. The van der Waals surface area contributed by atoms with Crippen molar-refractivity contribution in [1.82, 2.24) is 0 Å². The van der Waals surface area contributed by atoms with E-state index < -0.39 is 0 Å². The minimum atomic E-state index is 0. The summed E-state index contributed by atoms with van der Waals surface area (Å²) in [5.41, 5.74) is 6.13. The molecular formula is C24H38. The summed E-state index contributed by atoms with van der Waals surface area (Å²) < 4.78 is 0. The summed E-state index contributed by atoms with van der Waals surface area (Å²) >= 11 is 0. The van der Waals surface area contributed by atoms with Crippen molar-refractivity contribution in [2.45, 2.75) is 80.1 Å². The van der Waals surface area contributed by atoms with Crippen LogP contribution in [0.5, 0.6) is 0 Å². The van der Waals surface area contributed by atoms with Gasteiger partial charge in [-0.3, -0.25) is 0 Å². The fraction of sp³-hybridized carbons (Fsp3) is 0.500. The Labute approximate surface area is 151 Å². The Kier molecular flexibility index (Phi) is 12.0. The number of hydrogen-bond donors (Lipinski definition) is 0. The molecule has 0 N–H and O–H groups in total. The molecule has 0 saturated carbocycles. The van der Waals surface area contributed by atoms with E-state index in [1.54, 1.807) is 11.1 Å². The summed E-state index contributed by atoms with van der Waals surface area (Å²) in [6.07, 6.45) is 6.30. The van der Waals surface area contributed by atoms with E-state index >= 15 is 0 Å². The third-order valence-corrected chi connectivity index (χ3v) is 4.37. The number of hydrogen-bond acceptors (Lipinski definition) is 0. The molecule has 134 valence electrons. The number of fused-ring (bicyclic) bond motifs is 1. The maximum atomic E-state index is 2.45. The van der Waals surface area contributed by atoms with Crippen molar-refractivity contribution in [2.75, 3.05) is 0 Å². The Balaban J connectivity index is 0.000000987. The van der Waals surface area contributed by atoms with Crippen LogP contribution in [0.2, 0.25) is 0 Å². The SMILES string of the molecule is C.CC.CC.CC1CCCc2cc(CCc3ccccc3)ccc21. The molecule has 0 bridgehead atoms. The van der Waals surface area contributed by atoms with E-state index in [0.717, 1.165) is 18.8 Å². The van der Waals surface area contributed by atoms with Crippen molar-refractivity contribution in [3.63, 3.8) is 0 Å². The summed E-state index contributed by atoms with van der Waals surface area (Å²) in [6, 6.07) is 18.0. The minimum Gasteiger partial charge on any atom is -0.0776 e. The molecule has 2 aromatic carbocycles. The second kappa shape index (κ2) is 12.8. The second-order valence-corrected chi connectivity index (χ2v) is 5.81. The first-order chi connectivity index (χ1) is 11.3. The molecule has 1 unspecified atom stereocenters. The Bertz CT molecular complexity index is 539. The van der Waals surface area contributed by atoms with E-state index in [-0.39, 0.29) is 7.43 Å². The van der Waals surface area contributed by atoms with Crippen LogP contribution in [0.25, 0.3) is 0 Å². The first-order valence-corrected chi connectivity index (χ1v) is 9.48. The largest absolute Gasteiger partial charge is 0.0776 e. The zero-order valence-corrected chi connectivity index (χ0v) is 15.7. The van der Waals surface area contributed by atoms with Crippen molar-refractivity contribution >= 4 is 0 Å². The van der Waals surface area contributed by atoms with Crippen LogP contribution in [0.3, 0.4) is 0 Å². The Morgan fingerprint density at radius 2 is 1.46 bits per heavy atom. The van der Waals surface area contributed by atoms with E-state index in [1.807, 2.05) is 27.7 Å². The number of aryl methyl sites for hydroxylation is 3. The predicted octanol–water partition coefficient (Wildman–Crippen LogP) is 7.60. The number of rotatable bonds is 3. The summed E-state index contributed by atoms with van der Waals surface area (Å²) in [5, 5.41) is 0. The van der Waals surface area contributed by atoms with Crippen LogP contribution in [-0.2, 0) is 19.3 Å². The fourth-order valence-electron chi connectivity index (χ4n) is 3.20. The van der Waals surface area contributed by atoms with Gasteiger partial charge in [0.1, 0.15) is 0 Å². The van der Waals surface area contributed by atoms with Crippen molar-refractivity contribution in [1.29, 1.82) is 0 Å². The lowest BCUT2D eigenvalue weighted by Crippen LogP contribution is -2.07.